The van der Waals surface area contributed by atoms with Gasteiger partial charge < -0.3 is 14.7 Å². The fourth-order valence-electron chi connectivity index (χ4n) is 2.88. The molecule has 1 N–H and O–H groups in total. The topological polar surface area (TPSA) is 32.7 Å². The van der Waals surface area contributed by atoms with Crippen LogP contribution in [0.15, 0.2) is 0 Å². The van der Waals surface area contributed by atoms with Crippen molar-refractivity contribution in [2.45, 2.75) is 112 Å². The summed E-state index contributed by atoms with van der Waals surface area (Å²) < 4.78 is 5.18. The second kappa shape index (κ2) is 17.7. The normalized spacial score (nSPS) is 31.8. The molecule has 1 heterocycles. The van der Waals surface area contributed by atoms with Gasteiger partial charge in [0.25, 0.3) is 0 Å². The van der Waals surface area contributed by atoms with Crippen molar-refractivity contribution in [3.05, 3.63) is 0 Å². The Hall–Kier alpha value is -0.120. The van der Waals surface area contributed by atoms with E-state index < -0.39 is 5.60 Å². The Morgan fingerprint density at radius 3 is 1.71 bits per heavy atom. The molecule has 0 aromatic carbocycles. The monoisotopic (exact) mass is 347 g/mol. The number of β-amino-alcohol motifs (C(OH)–C–C–N with tert-alkyl or cyclic N) is 1. The van der Waals surface area contributed by atoms with E-state index in [2.05, 4.69) is 25.8 Å². The first kappa shape index (κ1) is 28.7. The Morgan fingerprint density at radius 1 is 0.958 bits per heavy atom. The minimum atomic E-state index is -0.443. The third kappa shape index (κ3) is 14.2. The van der Waals surface area contributed by atoms with E-state index in [1.807, 2.05) is 55.6 Å². The summed E-state index contributed by atoms with van der Waals surface area (Å²) >= 11 is 0. The molecule has 1 aliphatic carbocycles. The number of likely N-dealkylation sites (N-methyl/N-ethyl adjacent to an activating group) is 1. The molecular weight excluding hydrogens is 298 g/mol. The zero-order valence-electron chi connectivity index (χ0n) is 18.8. The van der Waals surface area contributed by atoms with Gasteiger partial charge in [0.05, 0.1) is 11.7 Å². The first-order valence-electron chi connectivity index (χ1n) is 10.3. The number of aliphatic hydroxyl groups is 1. The van der Waals surface area contributed by atoms with Crippen LogP contribution in [0.3, 0.4) is 0 Å². The van der Waals surface area contributed by atoms with Crippen LogP contribution in [-0.4, -0.2) is 48.5 Å². The molecule has 0 aromatic rings. The van der Waals surface area contributed by atoms with Crippen molar-refractivity contribution in [2.75, 3.05) is 20.7 Å². The van der Waals surface area contributed by atoms with Gasteiger partial charge in [-0.25, -0.2) is 0 Å². The molecule has 1 saturated heterocycles. The lowest BCUT2D eigenvalue weighted by atomic mass is 9.91. The molecule has 2 aliphatic rings. The molecule has 0 spiro atoms. The van der Waals surface area contributed by atoms with Gasteiger partial charge in [-0.15, -0.1) is 0 Å². The summed E-state index contributed by atoms with van der Waals surface area (Å²) in [6.07, 6.45) is 6.54. The first-order chi connectivity index (χ1) is 11.3. The van der Waals surface area contributed by atoms with Crippen LogP contribution in [0.25, 0.3) is 0 Å². The van der Waals surface area contributed by atoms with Crippen LogP contribution in [0.2, 0.25) is 0 Å². The van der Waals surface area contributed by atoms with Crippen molar-refractivity contribution in [1.82, 2.24) is 4.90 Å². The van der Waals surface area contributed by atoms with E-state index in [1.54, 1.807) is 0 Å². The average Bonchev–Trinajstić information content (AvgIpc) is 3.03. The van der Waals surface area contributed by atoms with Crippen molar-refractivity contribution >= 4 is 0 Å². The third-order valence-electron chi connectivity index (χ3n) is 4.42. The van der Waals surface area contributed by atoms with Gasteiger partial charge in [-0.1, -0.05) is 48.5 Å². The summed E-state index contributed by atoms with van der Waals surface area (Å²) in [5.41, 5.74) is -0.443. The molecule has 3 nitrogen and oxygen atoms in total. The quantitative estimate of drug-likeness (QED) is 0.655. The minimum absolute atomic E-state index is 0.443. The van der Waals surface area contributed by atoms with E-state index in [4.69, 9.17) is 4.74 Å². The number of piperidine rings is 1. The zero-order chi connectivity index (χ0) is 19.8. The molecular formula is C21H49NO2. The number of likely N-dealkylation sites (tertiary alicyclic amines) is 1. The number of hydrogen-bond acceptors (Lipinski definition) is 3. The van der Waals surface area contributed by atoms with E-state index in [9.17, 15) is 5.11 Å². The third-order valence-corrected chi connectivity index (χ3v) is 4.42. The molecule has 0 radical (unpaired) electrons. The van der Waals surface area contributed by atoms with Crippen molar-refractivity contribution in [3.8, 4) is 0 Å². The van der Waals surface area contributed by atoms with Crippen molar-refractivity contribution in [3.63, 3.8) is 0 Å². The Morgan fingerprint density at radius 2 is 1.46 bits per heavy atom. The summed E-state index contributed by atoms with van der Waals surface area (Å²) in [6, 6.07) is 0.639. The molecule has 0 bridgehead atoms. The average molecular weight is 348 g/mol. The van der Waals surface area contributed by atoms with Gasteiger partial charge in [0.2, 0.25) is 0 Å². The number of ether oxygens (including phenoxy) is 1. The standard InChI is InChI=1S/C8H17NO.C7H14O.3C2H6/c1-7-4-5-8(2,10)6-9(7)3;1-6-3-4-7(5-6)8-2;3*1-2/h7,10H,4-6H2,1-3H3;6-7H,3-5H2,1-2H3;3*1-2H3. The van der Waals surface area contributed by atoms with Gasteiger partial charge in [0.1, 0.15) is 0 Å². The van der Waals surface area contributed by atoms with Crippen LogP contribution in [0, 0.1) is 5.92 Å². The van der Waals surface area contributed by atoms with Crippen LogP contribution in [0.4, 0.5) is 0 Å². The van der Waals surface area contributed by atoms with Gasteiger partial charge in [0.15, 0.2) is 0 Å². The van der Waals surface area contributed by atoms with E-state index >= 15 is 0 Å². The lowest BCUT2D eigenvalue weighted by Gasteiger charge is -2.39. The number of rotatable bonds is 1. The molecule has 0 aromatic heterocycles. The highest BCUT2D eigenvalue weighted by Crippen LogP contribution is 2.26. The Balaban J connectivity index is -0.000000284. The molecule has 4 unspecified atom stereocenters. The van der Waals surface area contributed by atoms with E-state index in [0.717, 1.165) is 25.3 Å². The molecule has 4 atom stereocenters. The van der Waals surface area contributed by atoms with Crippen LogP contribution in [0.5, 0.6) is 0 Å². The summed E-state index contributed by atoms with van der Waals surface area (Å²) in [5, 5.41) is 9.62. The highest BCUT2D eigenvalue weighted by atomic mass is 16.5. The summed E-state index contributed by atoms with van der Waals surface area (Å²) in [6.45, 7) is 19.2. The van der Waals surface area contributed by atoms with Crippen molar-refractivity contribution in [2.24, 2.45) is 5.92 Å². The van der Waals surface area contributed by atoms with Gasteiger partial charge >= 0.3 is 0 Å². The number of nitrogens with zero attached hydrogens (tertiary/aromatic N) is 1. The second-order valence-corrected chi connectivity index (χ2v) is 6.58. The smallest absolute Gasteiger partial charge is 0.0746 e. The van der Waals surface area contributed by atoms with Crippen LogP contribution in [0.1, 0.15) is 94.4 Å². The van der Waals surface area contributed by atoms with Gasteiger partial charge in [-0.2, -0.15) is 0 Å². The Kier molecular flexibility index (Phi) is 21.1. The predicted molar refractivity (Wildman–Crippen MR) is 110 cm³/mol. The van der Waals surface area contributed by atoms with Crippen LogP contribution < -0.4 is 0 Å². The van der Waals surface area contributed by atoms with Crippen LogP contribution >= 0.6 is 0 Å². The minimum Gasteiger partial charge on any atom is -0.389 e. The maximum atomic E-state index is 9.62. The Labute approximate surface area is 154 Å². The molecule has 24 heavy (non-hydrogen) atoms. The molecule has 2 rings (SSSR count). The number of hydrogen-bond donors (Lipinski definition) is 1. The zero-order valence-corrected chi connectivity index (χ0v) is 18.8. The maximum Gasteiger partial charge on any atom is 0.0746 e. The first-order valence-corrected chi connectivity index (χ1v) is 10.3. The molecule has 3 heteroatoms. The summed E-state index contributed by atoms with van der Waals surface area (Å²) in [5.74, 6) is 0.903. The lowest BCUT2D eigenvalue weighted by Crippen LogP contribution is -2.48. The van der Waals surface area contributed by atoms with Crippen molar-refractivity contribution in [1.29, 1.82) is 0 Å². The molecule has 1 saturated carbocycles. The molecule has 0 amide bonds. The van der Waals surface area contributed by atoms with Gasteiger partial charge in [-0.05, 0) is 58.9 Å². The van der Waals surface area contributed by atoms with Gasteiger partial charge in [-0.3, -0.25) is 0 Å². The Bertz CT molecular complexity index is 244. The summed E-state index contributed by atoms with van der Waals surface area (Å²) in [7, 11) is 3.88. The fourth-order valence-corrected chi connectivity index (χ4v) is 2.88. The number of methoxy groups -OCH3 is 1. The largest absolute Gasteiger partial charge is 0.389 e. The van der Waals surface area contributed by atoms with E-state index in [1.165, 1.54) is 19.3 Å². The SMILES string of the molecule is CC.CC.CC.CC1CCC(C)(O)CN1C.COC1CCC(C)C1. The van der Waals surface area contributed by atoms with E-state index in [-0.39, 0.29) is 0 Å². The van der Waals surface area contributed by atoms with Gasteiger partial charge in [0, 0.05) is 19.7 Å². The molecule has 150 valence electrons. The fraction of sp³-hybridized carbons (Fsp3) is 1.00. The molecule has 2 fully saturated rings. The highest BCUT2D eigenvalue weighted by molar-refractivity contribution is 4.85. The predicted octanol–water partition coefficient (Wildman–Crippen LogP) is 5.75. The van der Waals surface area contributed by atoms with Crippen molar-refractivity contribution < 1.29 is 9.84 Å². The highest BCUT2D eigenvalue weighted by Gasteiger charge is 2.29. The lowest BCUT2D eigenvalue weighted by molar-refractivity contribution is -0.0250. The molecule has 1 aliphatic heterocycles. The van der Waals surface area contributed by atoms with E-state index in [0.29, 0.717) is 12.1 Å². The summed E-state index contributed by atoms with van der Waals surface area (Å²) in [4.78, 5) is 2.21. The van der Waals surface area contributed by atoms with Crippen LogP contribution in [-0.2, 0) is 4.74 Å². The second-order valence-electron chi connectivity index (χ2n) is 6.58. The maximum absolute atomic E-state index is 9.62.